The molecule has 0 unspecified atom stereocenters. The topological polar surface area (TPSA) is 37.4 Å². The minimum absolute atomic E-state index is 0.142. The van der Waals surface area contributed by atoms with E-state index in [1.165, 1.54) is 4.90 Å². The first kappa shape index (κ1) is 13.1. The van der Waals surface area contributed by atoms with Crippen molar-refractivity contribution in [3.8, 4) is 0 Å². The van der Waals surface area contributed by atoms with Gasteiger partial charge in [-0.3, -0.25) is 14.5 Å². The molecule has 0 fully saturated rings. The van der Waals surface area contributed by atoms with Crippen LogP contribution in [0, 0.1) is 0 Å². The fourth-order valence-corrected chi connectivity index (χ4v) is 2.60. The Morgan fingerprint density at radius 1 is 1.00 bits per heavy atom. The molecular formula is C16H12BrNO2. The van der Waals surface area contributed by atoms with Crippen molar-refractivity contribution in [3.63, 3.8) is 0 Å². The number of hydrogen-bond acceptors (Lipinski definition) is 2. The van der Waals surface area contributed by atoms with Crippen LogP contribution in [0.25, 0.3) is 0 Å². The Morgan fingerprint density at radius 2 is 1.70 bits per heavy atom. The Hall–Kier alpha value is -1.94. The van der Waals surface area contributed by atoms with E-state index in [0.717, 1.165) is 15.6 Å². The van der Waals surface area contributed by atoms with E-state index < -0.39 is 0 Å². The van der Waals surface area contributed by atoms with Gasteiger partial charge in [-0.25, -0.2) is 0 Å². The third-order valence-corrected chi connectivity index (χ3v) is 3.92. The van der Waals surface area contributed by atoms with Crippen molar-refractivity contribution >= 4 is 27.7 Å². The highest BCUT2D eigenvalue weighted by molar-refractivity contribution is 9.10. The fourth-order valence-electron chi connectivity index (χ4n) is 2.33. The van der Waals surface area contributed by atoms with Crippen molar-refractivity contribution < 1.29 is 9.59 Å². The molecule has 0 radical (unpaired) electrons. The van der Waals surface area contributed by atoms with Crippen LogP contribution in [-0.4, -0.2) is 16.7 Å². The highest BCUT2D eigenvalue weighted by atomic mass is 79.9. The zero-order chi connectivity index (χ0) is 14.1. The van der Waals surface area contributed by atoms with Crippen molar-refractivity contribution in [1.29, 1.82) is 0 Å². The van der Waals surface area contributed by atoms with Gasteiger partial charge in [-0.2, -0.15) is 0 Å². The quantitative estimate of drug-likeness (QED) is 0.793. The molecular weight excluding hydrogens is 318 g/mol. The van der Waals surface area contributed by atoms with Gasteiger partial charge < -0.3 is 0 Å². The van der Waals surface area contributed by atoms with Gasteiger partial charge in [0.15, 0.2) is 0 Å². The van der Waals surface area contributed by atoms with Crippen molar-refractivity contribution in [2.24, 2.45) is 0 Å². The van der Waals surface area contributed by atoms with Crippen molar-refractivity contribution in [1.82, 2.24) is 4.90 Å². The first-order chi connectivity index (χ1) is 9.65. The van der Waals surface area contributed by atoms with Crippen LogP contribution in [-0.2, 0) is 17.8 Å². The summed E-state index contributed by atoms with van der Waals surface area (Å²) in [5.41, 5.74) is 2.38. The standard InChI is InChI=1S/C16H12BrNO2/c17-13-7-5-11(6-8-13)10-18-15(19)9-12-3-1-2-4-14(12)16(18)20/h1-8H,9-10H2. The molecule has 0 bridgehead atoms. The molecule has 1 heterocycles. The third-order valence-electron chi connectivity index (χ3n) is 3.39. The van der Waals surface area contributed by atoms with E-state index in [1.54, 1.807) is 6.07 Å². The lowest BCUT2D eigenvalue weighted by Gasteiger charge is -2.26. The average Bonchev–Trinajstić information content (AvgIpc) is 2.45. The number of carbonyl (C=O) groups is 2. The van der Waals surface area contributed by atoms with Crippen LogP contribution in [0.5, 0.6) is 0 Å². The van der Waals surface area contributed by atoms with Gasteiger partial charge in [-0.15, -0.1) is 0 Å². The molecule has 1 aliphatic heterocycles. The van der Waals surface area contributed by atoms with Crippen molar-refractivity contribution in [2.75, 3.05) is 0 Å². The van der Waals surface area contributed by atoms with E-state index in [-0.39, 0.29) is 11.8 Å². The van der Waals surface area contributed by atoms with Crippen LogP contribution in [0.1, 0.15) is 21.5 Å². The molecule has 0 spiro atoms. The van der Waals surface area contributed by atoms with Crippen LogP contribution < -0.4 is 0 Å². The highest BCUT2D eigenvalue weighted by Gasteiger charge is 2.30. The number of hydrogen-bond donors (Lipinski definition) is 0. The molecule has 0 aliphatic carbocycles. The van der Waals surface area contributed by atoms with Crippen molar-refractivity contribution in [2.45, 2.75) is 13.0 Å². The van der Waals surface area contributed by atoms with Gasteiger partial charge in [0.2, 0.25) is 5.91 Å². The second-order valence-electron chi connectivity index (χ2n) is 4.75. The molecule has 0 N–H and O–H groups in total. The Kier molecular flexibility index (Phi) is 3.40. The Labute approximate surface area is 125 Å². The fraction of sp³-hybridized carbons (Fsp3) is 0.125. The summed E-state index contributed by atoms with van der Waals surface area (Å²) in [6.07, 6.45) is 0.290. The van der Waals surface area contributed by atoms with Gasteiger partial charge >= 0.3 is 0 Å². The number of fused-ring (bicyclic) bond motifs is 1. The number of benzene rings is 2. The molecule has 3 nitrogen and oxygen atoms in total. The summed E-state index contributed by atoms with van der Waals surface area (Å²) in [7, 11) is 0. The Morgan fingerprint density at radius 3 is 2.45 bits per heavy atom. The lowest BCUT2D eigenvalue weighted by Crippen LogP contribution is -2.41. The molecule has 2 aromatic rings. The van der Waals surface area contributed by atoms with Gasteiger partial charge in [0.1, 0.15) is 0 Å². The zero-order valence-corrected chi connectivity index (χ0v) is 12.3. The lowest BCUT2D eigenvalue weighted by molar-refractivity contribution is -0.128. The summed E-state index contributed by atoms with van der Waals surface area (Å²) in [5, 5.41) is 0. The zero-order valence-electron chi connectivity index (χ0n) is 10.7. The van der Waals surface area contributed by atoms with Crippen LogP contribution >= 0.6 is 15.9 Å². The SMILES string of the molecule is O=C1Cc2ccccc2C(=O)N1Cc1ccc(Br)cc1. The van der Waals surface area contributed by atoms with Gasteiger partial charge in [-0.05, 0) is 29.3 Å². The van der Waals surface area contributed by atoms with E-state index in [1.807, 2.05) is 42.5 Å². The molecule has 1 aliphatic rings. The summed E-state index contributed by atoms with van der Waals surface area (Å²) in [4.78, 5) is 25.9. The normalized spacial score (nSPS) is 14.3. The first-order valence-electron chi connectivity index (χ1n) is 6.32. The molecule has 4 heteroatoms. The summed E-state index contributed by atoms with van der Waals surface area (Å²) < 4.78 is 0.975. The third kappa shape index (κ3) is 2.39. The Bertz CT molecular complexity index is 679. The predicted molar refractivity (Wildman–Crippen MR) is 79.2 cm³/mol. The van der Waals surface area contributed by atoms with Crippen LogP contribution in [0.15, 0.2) is 53.0 Å². The van der Waals surface area contributed by atoms with E-state index in [9.17, 15) is 9.59 Å². The molecule has 0 saturated carbocycles. The monoisotopic (exact) mass is 329 g/mol. The largest absolute Gasteiger partial charge is 0.274 e. The molecule has 2 aromatic carbocycles. The van der Waals surface area contributed by atoms with E-state index in [2.05, 4.69) is 15.9 Å². The molecule has 2 amide bonds. The van der Waals surface area contributed by atoms with E-state index >= 15 is 0 Å². The van der Waals surface area contributed by atoms with E-state index in [4.69, 9.17) is 0 Å². The van der Waals surface area contributed by atoms with Gasteiger partial charge in [0, 0.05) is 10.0 Å². The molecule has 100 valence electrons. The summed E-state index contributed by atoms with van der Waals surface area (Å²) in [6.45, 7) is 0.319. The van der Waals surface area contributed by atoms with Crippen molar-refractivity contribution in [3.05, 3.63) is 69.7 Å². The van der Waals surface area contributed by atoms with Crippen LogP contribution in [0.4, 0.5) is 0 Å². The smallest absolute Gasteiger partial charge is 0.261 e. The van der Waals surface area contributed by atoms with Crippen LogP contribution in [0.2, 0.25) is 0 Å². The number of amides is 2. The maximum absolute atomic E-state index is 12.4. The number of imide groups is 1. The minimum atomic E-state index is -0.209. The summed E-state index contributed by atoms with van der Waals surface area (Å²) >= 11 is 3.37. The molecule has 20 heavy (non-hydrogen) atoms. The second kappa shape index (κ2) is 5.21. The van der Waals surface area contributed by atoms with Crippen LogP contribution in [0.3, 0.4) is 0 Å². The van der Waals surface area contributed by atoms with Gasteiger partial charge in [-0.1, -0.05) is 46.3 Å². The number of carbonyl (C=O) groups excluding carboxylic acids is 2. The van der Waals surface area contributed by atoms with Gasteiger partial charge in [0.25, 0.3) is 5.91 Å². The Balaban J connectivity index is 1.89. The summed E-state index contributed by atoms with van der Waals surface area (Å²) in [5.74, 6) is -0.351. The average molecular weight is 330 g/mol. The molecule has 0 saturated heterocycles. The second-order valence-corrected chi connectivity index (χ2v) is 5.66. The predicted octanol–water partition coefficient (Wildman–Crippen LogP) is 3.17. The van der Waals surface area contributed by atoms with Gasteiger partial charge in [0.05, 0.1) is 13.0 Å². The minimum Gasteiger partial charge on any atom is -0.274 e. The number of nitrogens with zero attached hydrogens (tertiary/aromatic N) is 1. The highest BCUT2D eigenvalue weighted by Crippen LogP contribution is 2.22. The molecule has 0 aromatic heterocycles. The maximum atomic E-state index is 12.4. The maximum Gasteiger partial charge on any atom is 0.261 e. The van der Waals surface area contributed by atoms with E-state index in [0.29, 0.717) is 18.5 Å². The molecule has 0 atom stereocenters. The number of halogens is 1. The summed E-state index contributed by atoms with van der Waals surface area (Å²) in [6, 6.07) is 14.9. The first-order valence-corrected chi connectivity index (χ1v) is 7.11. The lowest BCUT2D eigenvalue weighted by atomic mass is 9.98. The number of rotatable bonds is 2. The molecule has 3 rings (SSSR count).